The van der Waals surface area contributed by atoms with Crippen LogP contribution in [0.2, 0.25) is 0 Å². The van der Waals surface area contributed by atoms with Crippen molar-refractivity contribution in [1.82, 2.24) is 4.90 Å². The lowest BCUT2D eigenvalue weighted by Crippen LogP contribution is -2.49. The van der Waals surface area contributed by atoms with Gasteiger partial charge in [-0.2, -0.15) is 0 Å². The molecule has 1 aromatic carbocycles. The molecular weight excluding hydrogens is 258 g/mol. The molecule has 1 saturated heterocycles. The second-order valence-corrected chi connectivity index (χ2v) is 7.39. The molecule has 1 aromatic rings. The van der Waals surface area contributed by atoms with Gasteiger partial charge in [0.15, 0.2) is 0 Å². The maximum absolute atomic E-state index is 11.8. The van der Waals surface area contributed by atoms with E-state index < -0.39 is 5.60 Å². The van der Waals surface area contributed by atoms with Gasteiger partial charge in [0.25, 0.3) is 0 Å². The van der Waals surface area contributed by atoms with Crippen molar-refractivity contribution in [2.24, 2.45) is 11.3 Å². The Morgan fingerprint density at radius 1 is 1.29 bits per heavy atom. The predicted octanol–water partition coefficient (Wildman–Crippen LogP) is 2.78. The van der Waals surface area contributed by atoms with Crippen LogP contribution in [0.1, 0.15) is 43.4 Å². The smallest absolute Gasteiger partial charge is 0.0993 e. The minimum absolute atomic E-state index is 0.164. The van der Waals surface area contributed by atoms with Crippen LogP contribution in [0, 0.1) is 23.7 Å². The van der Waals surface area contributed by atoms with Crippen molar-refractivity contribution < 1.29 is 5.11 Å². The Balaban J connectivity index is 2.11. The molecule has 0 saturated carbocycles. The average molecular weight is 283 g/mol. The SMILES string of the molecule is C#Cc1cccc2c1C(O)(C1CCN(C)CC1)C(C)(C)C2. The quantitative estimate of drug-likeness (QED) is 0.801. The van der Waals surface area contributed by atoms with Gasteiger partial charge in [0.05, 0.1) is 5.60 Å². The number of piperidine rings is 1. The number of aliphatic hydroxyl groups is 1. The van der Waals surface area contributed by atoms with Gasteiger partial charge in [-0.1, -0.05) is 31.9 Å². The molecule has 2 heteroatoms. The van der Waals surface area contributed by atoms with Crippen molar-refractivity contribution in [2.75, 3.05) is 20.1 Å². The Kier molecular flexibility index (Phi) is 3.39. The van der Waals surface area contributed by atoms with Crippen molar-refractivity contribution in [3.63, 3.8) is 0 Å². The first-order chi connectivity index (χ1) is 9.90. The van der Waals surface area contributed by atoms with Crippen LogP contribution in [-0.4, -0.2) is 30.1 Å². The molecule has 1 atom stereocenters. The zero-order valence-corrected chi connectivity index (χ0v) is 13.3. The lowest BCUT2D eigenvalue weighted by molar-refractivity contribution is -0.121. The highest BCUT2D eigenvalue weighted by molar-refractivity contribution is 5.52. The van der Waals surface area contributed by atoms with Crippen molar-refractivity contribution in [3.05, 3.63) is 34.9 Å². The van der Waals surface area contributed by atoms with Crippen LogP contribution in [0.15, 0.2) is 18.2 Å². The maximum Gasteiger partial charge on any atom is 0.0993 e. The predicted molar refractivity (Wildman–Crippen MR) is 86.0 cm³/mol. The fraction of sp³-hybridized carbons (Fsp3) is 0.579. The lowest BCUT2D eigenvalue weighted by atomic mass is 9.65. The molecule has 0 spiro atoms. The molecule has 1 N–H and O–H groups in total. The number of terminal acetylenes is 1. The van der Waals surface area contributed by atoms with Crippen molar-refractivity contribution >= 4 is 0 Å². The summed E-state index contributed by atoms with van der Waals surface area (Å²) in [5.74, 6) is 3.09. The molecule has 1 fully saturated rings. The van der Waals surface area contributed by atoms with Gasteiger partial charge < -0.3 is 10.0 Å². The summed E-state index contributed by atoms with van der Waals surface area (Å²) in [5.41, 5.74) is 2.18. The molecule has 112 valence electrons. The number of rotatable bonds is 1. The topological polar surface area (TPSA) is 23.5 Å². The Labute approximate surface area is 128 Å². The number of hydrogen-bond donors (Lipinski definition) is 1. The van der Waals surface area contributed by atoms with Crippen LogP contribution in [0.5, 0.6) is 0 Å². The number of likely N-dealkylation sites (tertiary alicyclic amines) is 1. The third-order valence-corrected chi connectivity index (χ3v) is 5.66. The second-order valence-electron chi connectivity index (χ2n) is 7.39. The standard InChI is InChI=1S/C19H25NO/c1-5-14-7-6-8-15-13-18(2,3)19(21,17(14)15)16-9-11-20(4)12-10-16/h1,6-8,16,21H,9-13H2,2-4H3. The molecule has 1 unspecified atom stereocenters. The van der Waals surface area contributed by atoms with Crippen molar-refractivity contribution in [1.29, 1.82) is 0 Å². The Hall–Kier alpha value is -1.30. The van der Waals surface area contributed by atoms with E-state index in [2.05, 4.69) is 37.8 Å². The van der Waals surface area contributed by atoms with Crippen LogP contribution in [0.3, 0.4) is 0 Å². The molecule has 21 heavy (non-hydrogen) atoms. The third kappa shape index (κ3) is 2.03. The van der Waals surface area contributed by atoms with E-state index >= 15 is 0 Å². The molecule has 1 aliphatic heterocycles. The van der Waals surface area contributed by atoms with E-state index in [-0.39, 0.29) is 5.41 Å². The zero-order valence-electron chi connectivity index (χ0n) is 13.3. The average Bonchev–Trinajstić information content (AvgIpc) is 2.67. The maximum atomic E-state index is 11.8. The summed E-state index contributed by atoms with van der Waals surface area (Å²) in [4.78, 5) is 2.34. The fourth-order valence-corrected chi connectivity index (χ4v) is 4.45. The molecule has 1 heterocycles. The normalized spacial score (nSPS) is 29.1. The molecule has 1 aliphatic carbocycles. The zero-order chi connectivity index (χ0) is 15.3. The minimum atomic E-state index is -0.799. The summed E-state index contributed by atoms with van der Waals surface area (Å²) in [5, 5.41) is 11.8. The Morgan fingerprint density at radius 3 is 2.57 bits per heavy atom. The van der Waals surface area contributed by atoms with Gasteiger partial charge in [-0.3, -0.25) is 0 Å². The molecule has 0 aromatic heterocycles. The summed E-state index contributed by atoms with van der Waals surface area (Å²) >= 11 is 0. The number of benzene rings is 1. The van der Waals surface area contributed by atoms with Crippen molar-refractivity contribution in [2.45, 2.75) is 38.7 Å². The molecule has 2 nitrogen and oxygen atoms in total. The molecular formula is C19H25NO. The minimum Gasteiger partial charge on any atom is -0.384 e. The van der Waals surface area contributed by atoms with E-state index in [4.69, 9.17) is 6.42 Å². The molecule has 0 bridgehead atoms. The Morgan fingerprint density at radius 2 is 1.95 bits per heavy atom. The molecule has 3 rings (SSSR count). The summed E-state index contributed by atoms with van der Waals surface area (Å²) in [6, 6.07) is 6.12. The highest BCUT2D eigenvalue weighted by Gasteiger charge is 2.56. The van der Waals surface area contributed by atoms with E-state index in [0.717, 1.165) is 43.5 Å². The first kappa shape index (κ1) is 14.6. The largest absolute Gasteiger partial charge is 0.384 e. The van der Waals surface area contributed by atoms with Crippen LogP contribution in [0.25, 0.3) is 0 Å². The van der Waals surface area contributed by atoms with Crippen LogP contribution in [0.4, 0.5) is 0 Å². The van der Waals surface area contributed by atoms with Gasteiger partial charge in [0.1, 0.15) is 0 Å². The molecule has 0 amide bonds. The van der Waals surface area contributed by atoms with E-state index in [9.17, 15) is 5.11 Å². The van der Waals surface area contributed by atoms with Gasteiger partial charge in [-0.15, -0.1) is 6.42 Å². The monoisotopic (exact) mass is 283 g/mol. The fourth-order valence-electron chi connectivity index (χ4n) is 4.45. The summed E-state index contributed by atoms with van der Waals surface area (Å²) < 4.78 is 0. The first-order valence-corrected chi connectivity index (χ1v) is 7.90. The van der Waals surface area contributed by atoms with Crippen LogP contribution < -0.4 is 0 Å². The molecule has 0 radical (unpaired) electrons. The van der Waals surface area contributed by atoms with E-state index in [0.29, 0.717) is 5.92 Å². The second kappa shape index (κ2) is 4.87. The van der Waals surface area contributed by atoms with Crippen molar-refractivity contribution in [3.8, 4) is 12.3 Å². The van der Waals surface area contributed by atoms with E-state index in [1.807, 2.05) is 12.1 Å². The third-order valence-electron chi connectivity index (χ3n) is 5.66. The van der Waals surface area contributed by atoms with Gasteiger partial charge in [0.2, 0.25) is 0 Å². The van der Waals surface area contributed by atoms with Gasteiger partial charge in [-0.25, -0.2) is 0 Å². The van der Waals surface area contributed by atoms with Crippen LogP contribution in [-0.2, 0) is 12.0 Å². The summed E-state index contributed by atoms with van der Waals surface area (Å²) in [6.07, 6.45) is 8.69. The lowest BCUT2D eigenvalue weighted by Gasteiger charge is -2.46. The number of fused-ring (bicyclic) bond motifs is 1. The first-order valence-electron chi connectivity index (χ1n) is 7.90. The Bertz CT molecular complexity index is 590. The number of nitrogens with zero attached hydrogens (tertiary/aromatic N) is 1. The summed E-state index contributed by atoms with van der Waals surface area (Å²) in [7, 11) is 2.15. The highest BCUT2D eigenvalue weighted by atomic mass is 16.3. The highest BCUT2D eigenvalue weighted by Crippen LogP contribution is 2.56. The van der Waals surface area contributed by atoms with E-state index in [1.54, 1.807) is 0 Å². The van der Waals surface area contributed by atoms with Gasteiger partial charge >= 0.3 is 0 Å². The van der Waals surface area contributed by atoms with Gasteiger partial charge in [0, 0.05) is 16.5 Å². The molecule has 2 aliphatic rings. The van der Waals surface area contributed by atoms with Crippen LogP contribution >= 0.6 is 0 Å². The van der Waals surface area contributed by atoms with E-state index in [1.165, 1.54) is 5.56 Å². The summed E-state index contributed by atoms with van der Waals surface area (Å²) in [6.45, 7) is 6.48. The number of hydrogen-bond acceptors (Lipinski definition) is 2. The van der Waals surface area contributed by atoms with Gasteiger partial charge in [-0.05, 0) is 56.9 Å².